The van der Waals surface area contributed by atoms with Crippen LogP contribution in [0.5, 0.6) is 0 Å². The van der Waals surface area contributed by atoms with E-state index < -0.39 is 6.04 Å². The van der Waals surface area contributed by atoms with Gasteiger partial charge in [0.15, 0.2) is 0 Å². The molecule has 0 aromatic heterocycles. The number of carbonyl (C=O) groups excluding carboxylic acids is 2. The van der Waals surface area contributed by atoms with Gasteiger partial charge in [0.2, 0.25) is 5.91 Å². The van der Waals surface area contributed by atoms with Crippen molar-refractivity contribution in [3.05, 3.63) is 35.4 Å². The second-order valence-electron chi connectivity index (χ2n) is 8.26. The SMILES string of the molecule is Cc1cccc(C(=O)N2C(CC(C)C)SCC2C(=O)NCCN2CCOCC2)c1. The van der Waals surface area contributed by atoms with E-state index in [2.05, 4.69) is 24.1 Å². The summed E-state index contributed by atoms with van der Waals surface area (Å²) in [7, 11) is 0. The maximum atomic E-state index is 13.3. The van der Waals surface area contributed by atoms with Crippen molar-refractivity contribution in [3.63, 3.8) is 0 Å². The predicted octanol–water partition coefficient (Wildman–Crippen LogP) is 2.37. The van der Waals surface area contributed by atoms with Gasteiger partial charge in [-0.2, -0.15) is 0 Å². The van der Waals surface area contributed by atoms with Crippen LogP contribution in [-0.2, 0) is 9.53 Å². The van der Waals surface area contributed by atoms with Crippen molar-refractivity contribution in [1.82, 2.24) is 15.1 Å². The highest BCUT2D eigenvalue weighted by Gasteiger charge is 2.41. The van der Waals surface area contributed by atoms with Gasteiger partial charge in [0.1, 0.15) is 6.04 Å². The number of amides is 2. The van der Waals surface area contributed by atoms with Gasteiger partial charge in [-0.25, -0.2) is 0 Å². The van der Waals surface area contributed by atoms with E-state index in [9.17, 15) is 9.59 Å². The Hall–Kier alpha value is -1.57. The van der Waals surface area contributed by atoms with Crippen LogP contribution in [0.2, 0.25) is 0 Å². The van der Waals surface area contributed by atoms with Crippen LogP contribution in [0.1, 0.15) is 36.2 Å². The van der Waals surface area contributed by atoms with Crippen LogP contribution in [0.15, 0.2) is 24.3 Å². The number of nitrogens with zero attached hydrogens (tertiary/aromatic N) is 2. The van der Waals surface area contributed by atoms with Crippen LogP contribution in [0, 0.1) is 12.8 Å². The Kier molecular flexibility index (Phi) is 7.98. The average Bonchev–Trinajstić information content (AvgIpc) is 3.11. The molecule has 0 saturated carbocycles. The van der Waals surface area contributed by atoms with Crippen LogP contribution < -0.4 is 5.32 Å². The Morgan fingerprint density at radius 2 is 2.03 bits per heavy atom. The van der Waals surface area contributed by atoms with E-state index in [0.717, 1.165) is 44.8 Å². The number of benzene rings is 1. The van der Waals surface area contributed by atoms with Gasteiger partial charge in [0, 0.05) is 37.5 Å². The molecule has 1 N–H and O–H groups in total. The fraction of sp³-hybridized carbons (Fsp3) is 0.636. The molecule has 2 unspecified atom stereocenters. The maximum Gasteiger partial charge on any atom is 0.255 e. The molecule has 2 aliphatic rings. The number of thioether (sulfide) groups is 1. The highest BCUT2D eigenvalue weighted by Crippen LogP contribution is 2.34. The third-order valence-corrected chi connectivity index (χ3v) is 6.71. The second kappa shape index (κ2) is 10.5. The number of morpholine rings is 1. The van der Waals surface area contributed by atoms with Crippen molar-refractivity contribution in [2.75, 3.05) is 45.1 Å². The Morgan fingerprint density at radius 1 is 1.28 bits per heavy atom. The molecular weight excluding hydrogens is 386 g/mol. The fourth-order valence-corrected chi connectivity index (χ4v) is 5.47. The van der Waals surface area contributed by atoms with Gasteiger partial charge in [-0.05, 0) is 31.4 Å². The van der Waals surface area contributed by atoms with E-state index in [1.165, 1.54) is 0 Å². The molecule has 0 aliphatic carbocycles. The standard InChI is InChI=1S/C22H33N3O3S/c1-16(2)13-20-25(22(27)18-6-4-5-17(3)14-18)19(15-29-20)21(26)23-7-8-24-9-11-28-12-10-24/h4-6,14,16,19-20H,7-13,15H2,1-3H3,(H,23,26). The Bertz CT molecular complexity index is 706. The van der Waals surface area contributed by atoms with Crippen LogP contribution >= 0.6 is 11.8 Å². The van der Waals surface area contributed by atoms with E-state index in [4.69, 9.17) is 4.74 Å². The fourth-order valence-electron chi connectivity index (χ4n) is 3.83. The topological polar surface area (TPSA) is 61.9 Å². The molecule has 0 radical (unpaired) electrons. The molecule has 1 aromatic rings. The molecule has 2 amide bonds. The van der Waals surface area contributed by atoms with Crippen LogP contribution in [0.4, 0.5) is 0 Å². The monoisotopic (exact) mass is 419 g/mol. The molecule has 2 heterocycles. The van der Waals surface area contributed by atoms with Crippen molar-refractivity contribution in [2.24, 2.45) is 5.92 Å². The maximum absolute atomic E-state index is 13.3. The lowest BCUT2D eigenvalue weighted by atomic mass is 10.1. The van der Waals surface area contributed by atoms with Crippen molar-refractivity contribution >= 4 is 23.6 Å². The first-order valence-corrected chi connectivity index (χ1v) is 11.6. The molecule has 0 bridgehead atoms. The number of rotatable bonds is 7. The number of nitrogens with one attached hydrogen (secondary N) is 1. The summed E-state index contributed by atoms with van der Waals surface area (Å²) in [6.45, 7) is 11.0. The minimum atomic E-state index is -0.415. The zero-order chi connectivity index (χ0) is 20.8. The quantitative estimate of drug-likeness (QED) is 0.735. The first-order valence-electron chi connectivity index (χ1n) is 10.5. The average molecular weight is 420 g/mol. The van der Waals surface area contributed by atoms with Crippen molar-refractivity contribution in [2.45, 2.75) is 38.6 Å². The molecule has 0 spiro atoms. The first-order chi connectivity index (χ1) is 14.0. The van der Waals surface area contributed by atoms with E-state index >= 15 is 0 Å². The first kappa shape index (κ1) is 22.1. The number of hydrogen-bond donors (Lipinski definition) is 1. The molecule has 1 aromatic carbocycles. The van der Waals surface area contributed by atoms with Crippen LogP contribution in [-0.4, -0.2) is 78.2 Å². The lowest BCUT2D eigenvalue weighted by Gasteiger charge is -2.30. The summed E-state index contributed by atoms with van der Waals surface area (Å²) in [4.78, 5) is 30.4. The summed E-state index contributed by atoms with van der Waals surface area (Å²) in [5.41, 5.74) is 1.71. The molecule has 2 fully saturated rings. The molecule has 2 saturated heterocycles. The summed E-state index contributed by atoms with van der Waals surface area (Å²) in [5, 5.41) is 3.10. The van der Waals surface area contributed by atoms with Crippen molar-refractivity contribution in [3.8, 4) is 0 Å². The summed E-state index contributed by atoms with van der Waals surface area (Å²) < 4.78 is 5.37. The number of hydrogen-bond acceptors (Lipinski definition) is 5. The van der Waals surface area contributed by atoms with Crippen molar-refractivity contribution in [1.29, 1.82) is 0 Å². The third kappa shape index (κ3) is 5.96. The summed E-state index contributed by atoms with van der Waals surface area (Å²) in [5.74, 6) is 1.03. The molecule has 6 nitrogen and oxygen atoms in total. The van der Waals surface area contributed by atoms with Gasteiger partial charge in [0.25, 0.3) is 5.91 Å². The Labute approximate surface area is 178 Å². The third-order valence-electron chi connectivity index (χ3n) is 5.40. The number of carbonyl (C=O) groups is 2. The van der Waals surface area contributed by atoms with Gasteiger partial charge in [0.05, 0.1) is 18.6 Å². The van der Waals surface area contributed by atoms with Gasteiger partial charge in [-0.1, -0.05) is 31.5 Å². The van der Waals surface area contributed by atoms with E-state index in [1.54, 1.807) is 11.8 Å². The molecule has 3 rings (SSSR count). The summed E-state index contributed by atoms with van der Waals surface area (Å²) >= 11 is 1.72. The summed E-state index contributed by atoms with van der Waals surface area (Å²) in [6.07, 6.45) is 0.889. The zero-order valence-corrected chi connectivity index (χ0v) is 18.5. The van der Waals surface area contributed by atoms with E-state index in [-0.39, 0.29) is 17.2 Å². The van der Waals surface area contributed by atoms with Gasteiger partial charge < -0.3 is 15.0 Å². The Balaban J connectivity index is 1.66. The minimum Gasteiger partial charge on any atom is -0.379 e. The predicted molar refractivity (Wildman–Crippen MR) is 117 cm³/mol. The molecule has 2 aliphatic heterocycles. The molecule has 29 heavy (non-hydrogen) atoms. The van der Waals surface area contributed by atoms with E-state index in [1.807, 2.05) is 36.1 Å². The van der Waals surface area contributed by atoms with Crippen LogP contribution in [0.3, 0.4) is 0 Å². The lowest BCUT2D eigenvalue weighted by Crippen LogP contribution is -2.51. The van der Waals surface area contributed by atoms with E-state index in [0.29, 0.717) is 23.8 Å². The lowest BCUT2D eigenvalue weighted by molar-refractivity contribution is -0.125. The van der Waals surface area contributed by atoms with Gasteiger partial charge in [-0.15, -0.1) is 11.8 Å². The Morgan fingerprint density at radius 3 is 2.72 bits per heavy atom. The van der Waals surface area contributed by atoms with Gasteiger partial charge >= 0.3 is 0 Å². The smallest absolute Gasteiger partial charge is 0.255 e. The number of ether oxygens (including phenoxy) is 1. The molecule has 7 heteroatoms. The molecule has 160 valence electrons. The second-order valence-corrected chi connectivity index (χ2v) is 9.47. The normalized spacial score (nSPS) is 22.8. The largest absolute Gasteiger partial charge is 0.379 e. The van der Waals surface area contributed by atoms with Gasteiger partial charge in [-0.3, -0.25) is 14.5 Å². The minimum absolute atomic E-state index is 0.0398. The molecular formula is C22H33N3O3S. The molecule has 2 atom stereocenters. The van der Waals surface area contributed by atoms with Crippen LogP contribution in [0.25, 0.3) is 0 Å². The highest BCUT2D eigenvalue weighted by molar-refractivity contribution is 8.00. The number of aryl methyl sites for hydroxylation is 1. The van der Waals surface area contributed by atoms with Crippen molar-refractivity contribution < 1.29 is 14.3 Å². The highest BCUT2D eigenvalue weighted by atomic mass is 32.2. The summed E-state index contributed by atoms with van der Waals surface area (Å²) in [6, 6.07) is 7.22. The zero-order valence-electron chi connectivity index (χ0n) is 17.7.